The highest BCUT2D eigenvalue weighted by molar-refractivity contribution is 7.08. The molecule has 1 aliphatic heterocycles. The lowest BCUT2D eigenvalue weighted by Crippen LogP contribution is -2.49. The van der Waals surface area contributed by atoms with Gasteiger partial charge in [-0.2, -0.15) is 16.4 Å². The maximum Gasteiger partial charge on any atom is 0.327 e. The normalized spacial score (nSPS) is 19.3. The van der Waals surface area contributed by atoms with Crippen molar-refractivity contribution in [1.82, 2.24) is 15.1 Å². The van der Waals surface area contributed by atoms with Crippen LogP contribution >= 0.6 is 11.3 Å². The lowest BCUT2D eigenvalue weighted by atomic mass is 10.0. The van der Waals surface area contributed by atoms with E-state index in [1.54, 1.807) is 17.5 Å². The van der Waals surface area contributed by atoms with Crippen LogP contribution in [0.15, 0.2) is 35.2 Å². The number of nitrogens with zero attached hydrogens (tertiary/aromatic N) is 4. The Bertz CT molecular complexity index is 650. The van der Waals surface area contributed by atoms with Crippen molar-refractivity contribution in [1.29, 1.82) is 0 Å². The fourth-order valence-electron chi connectivity index (χ4n) is 3.25. The number of carbonyl (C=O) groups is 1. The Morgan fingerprint density at radius 1 is 1.50 bits per heavy atom. The van der Waals surface area contributed by atoms with Gasteiger partial charge in [0.05, 0.1) is 7.11 Å². The third kappa shape index (κ3) is 3.57. The number of hydrogen-bond donors (Lipinski definition) is 0. The van der Waals surface area contributed by atoms with Gasteiger partial charge in [-0.1, -0.05) is 0 Å². The zero-order chi connectivity index (χ0) is 16.9. The summed E-state index contributed by atoms with van der Waals surface area (Å²) < 4.78 is 5.05. The molecule has 1 fully saturated rings. The number of hydrogen-bond acceptors (Lipinski definition) is 7. The first-order valence-corrected chi connectivity index (χ1v) is 8.99. The lowest BCUT2D eigenvalue weighted by molar-refractivity contribution is -0.147. The van der Waals surface area contributed by atoms with E-state index in [1.165, 1.54) is 7.11 Å². The van der Waals surface area contributed by atoms with Crippen LogP contribution in [-0.2, 0) is 9.53 Å². The molecule has 2 aromatic heterocycles. The molecule has 0 amide bonds. The van der Waals surface area contributed by atoms with Crippen molar-refractivity contribution in [3.63, 3.8) is 0 Å². The van der Waals surface area contributed by atoms with Crippen molar-refractivity contribution < 1.29 is 9.53 Å². The van der Waals surface area contributed by atoms with Crippen molar-refractivity contribution in [2.24, 2.45) is 0 Å². The largest absolute Gasteiger partial charge is 0.468 e. The molecule has 0 N–H and O–H groups in total. The van der Waals surface area contributed by atoms with Crippen molar-refractivity contribution in [2.45, 2.75) is 24.9 Å². The van der Waals surface area contributed by atoms with Crippen molar-refractivity contribution in [2.75, 3.05) is 32.1 Å². The zero-order valence-corrected chi connectivity index (χ0v) is 14.8. The summed E-state index contributed by atoms with van der Waals surface area (Å²) in [6.07, 6.45) is 3.79. The first-order valence-electron chi connectivity index (χ1n) is 8.05. The van der Waals surface area contributed by atoms with Crippen LogP contribution in [0, 0.1) is 0 Å². The van der Waals surface area contributed by atoms with Crippen molar-refractivity contribution in [3.05, 3.63) is 40.7 Å². The molecule has 128 valence electrons. The predicted octanol–water partition coefficient (Wildman–Crippen LogP) is 2.35. The van der Waals surface area contributed by atoms with Gasteiger partial charge in [-0.25, -0.2) is 4.79 Å². The molecule has 0 bridgehead atoms. The van der Waals surface area contributed by atoms with Gasteiger partial charge in [0, 0.05) is 25.3 Å². The molecule has 2 unspecified atom stereocenters. The topological polar surface area (TPSA) is 58.6 Å². The number of rotatable bonds is 5. The van der Waals surface area contributed by atoms with Crippen LogP contribution in [-0.4, -0.2) is 54.4 Å². The molecule has 0 spiro atoms. The van der Waals surface area contributed by atoms with E-state index in [2.05, 4.69) is 20.0 Å². The lowest BCUT2D eigenvalue weighted by Gasteiger charge is -2.40. The van der Waals surface area contributed by atoms with Crippen LogP contribution in [0.1, 0.15) is 24.4 Å². The molecule has 1 aliphatic rings. The fourth-order valence-corrected chi connectivity index (χ4v) is 3.93. The SMILES string of the molecule is COC(=O)C(c1ccsc1)N(C)C1CCCN(c2cccnn2)C1. The minimum atomic E-state index is -0.368. The summed E-state index contributed by atoms with van der Waals surface area (Å²) in [5.41, 5.74) is 0.992. The average molecular weight is 346 g/mol. The molecule has 3 rings (SSSR count). The zero-order valence-electron chi connectivity index (χ0n) is 14.0. The Balaban J connectivity index is 1.77. The first-order chi connectivity index (χ1) is 11.7. The smallest absolute Gasteiger partial charge is 0.327 e. The molecular weight excluding hydrogens is 324 g/mol. The third-order valence-corrected chi connectivity index (χ3v) is 5.25. The molecule has 24 heavy (non-hydrogen) atoms. The standard InChI is InChI=1S/C17H22N4O2S/c1-20(16(17(22)23-2)13-7-10-24-12-13)14-5-4-9-21(11-14)15-6-3-8-18-19-15/h3,6-8,10,12,14,16H,4-5,9,11H2,1-2H3. The summed E-state index contributed by atoms with van der Waals surface area (Å²) in [5.74, 6) is 0.674. The summed E-state index contributed by atoms with van der Waals surface area (Å²) in [4.78, 5) is 16.7. The van der Waals surface area contributed by atoms with Gasteiger partial charge < -0.3 is 9.64 Å². The van der Waals surface area contributed by atoms with Gasteiger partial charge in [0.15, 0.2) is 5.82 Å². The molecule has 2 aromatic rings. The van der Waals surface area contributed by atoms with Gasteiger partial charge >= 0.3 is 5.97 Å². The highest BCUT2D eigenvalue weighted by Crippen LogP contribution is 2.29. The molecule has 0 aliphatic carbocycles. The molecule has 0 radical (unpaired) electrons. The number of anilines is 1. The number of likely N-dealkylation sites (N-methyl/N-ethyl adjacent to an activating group) is 1. The van der Waals surface area contributed by atoms with Gasteiger partial charge in [0.2, 0.25) is 0 Å². The van der Waals surface area contributed by atoms with Crippen LogP contribution in [0.2, 0.25) is 0 Å². The van der Waals surface area contributed by atoms with E-state index in [4.69, 9.17) is 4.74 Å². The molecule has 6 nitrogen and oxygen atoms in total. The predicted molar refractivity (Wildman–Crippen MR) is 94.1 cm³/mol. The second-order valence-corrected chi connectivity index (χ2v) is 6.75. The fraction of sp³-hybridized carbons (Fsp3) is 0.471. The Kier molecular flexibility index (Phi) is 5.42. The first kappa shape index (κ1) is 16.9. The van der Waals surface area contributed by atoms with Gasteiger partial charge in [0.1, 0.15) is 6.04 Å². The molecule has 3 heterocycles. The number of ether oxygens (including phenoxy) is 1. The van der Waals surface area contributed by atoms with Gasteiger partial charge in [0.25, 0.3) is 0 Å². The average Bonchev–Trinajstić information content (AvgIpc) is 3.16. The molecular formula is C17H22N4O2S. The molecule has 7 heteroatoms. The maximum absolute atomic E-state index is 12.4. The minimum absolute atomic E-state index is 0.215. The number of methoxy groups -OCH3 is 1. The quantitative estimate of drug-likeness (QED) is 0.775. The summed E-state index contributed by atoms with van der Waals surface area (Å²) in [6, 6.07) is 5.76. The van der Waals surface area contributed by atoms with E-state index in [0.29, 0.717) is 0 Å². The van der Waals surface area contributed by atoms with E-state index in [0.717, 1.165) is 37.3 Å². The third-order valence-electron chi connectivity index (χ3n) is 4.55. The highest BCUT2D eigenvalue weighted by atomic mass is 32.1. The monoisotopic (exact) mass is 346 g/mol. The number of esters is 1. The van der Waals surface area contributed by atoms with Crippen LogP contribution in [0.25, 0.3) is 0 Å². The van der Waals surface area contributed by atoms with Crippen LogP contribution in [0.5, 0.6) is 0 Å². The Labute approximate surface area is 146 Å². The summed E-state index contributed by atoms with van der Waals surface area (Å²) in [6.45, 7) is 1.79. The summed E-state index contributed by atoms with van der Waals surface area (Å²) in [5, 5.41) is 12.2. The Morgan fingerprint density at radius 2 is 2.38 bits per heavy atom. The van der Waals surface area contributed by atoms with E-state index < -0.39 is 0 Å². The van der Waals surface area contributed by atoms with E-state index >= 15 is 0 Å². The summed E-state index contributed by atoms with van der Waals surface area (Å²) >= 11 is 1.59. The minimum Gasteiger partial charge on any atom is -0.468 e. The molecule has 0 aromatic carbocycles. The summed E-state index contributed by atoms with van der Waals surface area (Å²) in [7, 11) is 3.45. The van der Waals surface area contributed by atoms with E-state index in [-0.39, 0.29) is 18.1 Å². The number of thiophene rings is 1. The van der Waals surface area contributed by atoms with Gasteiger partial charge in [-0.05, 0) is 54.4 Å². The number of aromatic nitrogens is 2. The van der Waals surface area contributed by atoms with Crippen molar-refractivity contribution in [3.8, 4) is 0 Å². The Morgan fingerprint density at radius 3 is 3.04 bits per heavy atom. The number of carbonyl (C=O) groups excluding carboxylic acids is 1. The number of piperidine rings is 1. The highest BCUT2D eigenvalue weighted by Gasteiger charge is 2.33. The van der Waals surface area contributed by atoms with Gasteiger partial charge in [-0.15, -0.1) is 5.10 Å². The molecule has 0 saturated carbocycles. The van der Waals surface area contributed by atoms with Crippen LogP contribution in [0.4, 0.5) is 5.82 Å². The van der Waals surface area contributed by atoms with E-state index in [1.807, 2.05) is 36.0 Å². The second-order valence-electron chi connectivity index (χ2n) is 5.97. The van der Waals surface area contributed by atoms with Gasteiger partial charge in [-0.3, -0.25) is 4.90 Å². The van der Waals surface area contributed by atoms with E-state index in [9.17, 15) is 4.79 Å². The molecule has 2 atom stereocenters. The van der Waals surface area contributed by atoms with Crippen LogP contribution in [0.3, 0.4) is 0 Å². The molecule has 1 saturated heterocycles. The Hall–Kier alpha value is -1.99. The second kappa shape index (κ2) is 7.72. The van der Waals surface area contributed by atoms with Crippen LogP contribution < -0.4 is 4.90 Å². The maximum atomic E-state index is 12.4. The van der Waals surface area contributed by atoms with Crippen molar-refractivity contribution >= 4 is 23.1 Å².